The first-order valence-electron chi connectivity index (χ1n) is 5.36. The van der Waals surface area contributed by atoms with Crippen molar-refractivity contribution in [3.63, 3.8) is 0 Å². The summed E-state index contributed by atoms with van der Waals surface area (Å²) in [5, 5.41) is 2.82. The Labute approximate surface area is 94.6 Å². The van der Waals surface area contributed by atoms with Crippen LogP contribution in [0.4, 0.5) is 11.5 Å². The molecule has 1 atom stereocenters. The van der Waals surface area contributed by atoms with E-state index in [1.165, 1.54) is 0 Å². The quantitative estimate of drug-likeness (QED) is 0.714. The predicted octanol–water partition coefficient (Wildman–Crippen LogP) is 0.297. The molecular weight excluding hydrogens is 204 g/mol. The van der Waals surface area contributed by atoms with Crippen molar-refractivity contribution in [1.82, 2.24) is 10.3 Å². The number of nitrogen functional groups attached to an aromatic ring is 1. The molecule has 2 rings (SSSR count). The maximum atomic E-state index is 11.6. The van der Waals surface area contributed by atoms with E-state index in [1.54, 1.807) is 6.20 Å². The van der Waals surface area contributed by atoms with Crippen molar-refractivity contribution in [2.45, 2.75) is 19.9 Å². The Morgan fingerprint density at radius 2 is 2.38 bits per heavy atom. The van der Waals surface area contributed by atoms with Gasteiger partial charge in [-0.05, 0) is 25.5 Å². The number of hydrogen-bond donors (Lipinski definition) is 2. The number of piperazine rings is 1. The van der Waals surface area contributed by atoms with Gasteiger partial charge in [0, 0.05) is 19.3 Å². The zero-order chi connectivity index (χ0) is 11.7. The number of amides is 1. The molecule has 1 unspecified atom stereocenters. The predicted molar refractivity (Wildman–Crippen MR) is 63.2 cm³/mol. The van der Waals surface area contributed by atoms with E-state index in [0.29, 0.717) is 18.1 Å². The topological polar surface area (TPSA) is 71.2 Å². The minimum absolute atomic E-state index is 0.0222. The Balaban J connectivity index is 2.36. The van der Waals surface area contributed by atoms with E-state index in [4.69, 9.17) is 5.73 Å². The number of hydrogen-bond acceptors (Lipinski definition) is 4. The zero-order valence-electron chi connectivity index (χ0n) is 9.53. The van der Waals surface area contributed by atoms with Crippen LogP contribution in [0.3, 0.4) is 0 Å². The van der Waals surface area contributed by atoms with Crippen molar-refractivity contribution in [1.29, 1.82) is 0 Å². The van der Waals surface area contributed by atoms with Gasteiger partial charge in [-0.1, -0.05) is 0 Å². The largest absolute Gasteiger partial charge is 0.396 e. The molecule has 3 N–H and O–H groups in total. The Hall–Kier alpha value is -1.78. The van der Waals surface area contributed by atoms with Crippen LogP contribution in [-0.4, -0.2) is 30.0 Å². The highest BCUT2D eigenvalue weighted by Crippen LogP contribution is 2.25. The van der Waals surface area contributed by atoms with Gasteiger partial charge in [0.15, 0.2) is 5.82 Å². The number of nitrogens with zero attached hydrogens (tertiary/aromatic N) is 2. The van der Waals surface area contributed by atoms with Gasteiger partial charge in [-0.15, -0.1) is 0 Å². The fourth-order valence-electron chi connectivity index (χ4n) is 1.86. The average Bonchev–Trinajstić information content (AvgIpc) is 2.27. The summed E-state index contributed by atoms with van der Waals surface area (Å²) >= 11 is 0. The van der Waals surface area contributed by atoms with Crippen LogP contribution >= 0.6 is 0 Å². The highest BCUT2D eigenvalue weighted by molar-refractivity contribution is 5.87. The molecule has 16 heavy (non-hydrogen) atoms. The molecule has 1 aromatic heterocycles. The fraction of sp³-hybridized carbons (Fsp3) is 0.455. The molecule has 5 heteroatoms. The Bertz CT molecular complexity index is 418. The molecule has 1 aliphatic rings. The Morgan fingerprint density at radius 3 is 3.12 bits per heavy atom. The molecule has 0 bridgehead atoms. The third kappa shape index (κ3) is 1.68. The van der Waals surface area contributed by atoms with Crippen molar-refractivity contribution in [3.05, 3.63) is 17.8 Å². The normalized spacial score (nSPS) is 20.8. The van der Waals surface area contributed by atoms with Crippen LogP contribution in [0.25, 0.3) is 0 Å². The van der Waals surface area contributed by atoms with Gasteiger partial charge in [-0.3, -0.25) is 4.79 Å². The molecule has 0 spiro atoms. The number of nitrogens with two attached hydrogens (primary N) is 1. The summed E-state index contributed by atoms with van der Waals surface area (Å²) in [5.74, 6) is 0.733. The molecule has 86 valence electrons. The second-order valence-electron chi connectivity index (χ2n) is 4.03. The Kier molecular flexibility index (Phi) is 2.68. The SMILES string of the molecule is Cc1ccnc(N2CCNC(=O)C2C)c1N. The highest BCUT2D eigenvalue weighted by atomic mass is 16.2. The first kappa shape index (κ1) is 10.7. The van der Waals surface area contributed by atoms with Crippen LogP contribution in [0.2, 0.25) is 0 Å². The summed E-state index contributed by atoms with van der Waals surface area (Å²) in [6.07, 6.45) is 1.72. The highest BCUT2D eigenvalue weighted by Gasteiger charge is 2.27. The third-order valence-electron chi connectivity index (χ3n) is 2.96. The molecule has 0 aliphatic carbocycles. The number of carbonyl (C=O) groups is 1. The molecular formula is C11H16N4O. The second-order valence-corrected chi connectivity index (χ2v) is 4.03. The molecule has 0 radical (unpaired) electrons. The van der Waals surface area contributed by atoms with E-state index in [2.05, 4.69) is 10.3 Å². The Morgan fingerprint density at radius 1 is 1.62 bits per heavy atom. The van der Waals surface area contributed by atoms with Crippen LogP contribution < -0.4 is 16.0 Å². The van der Waals surface area contributed by atoms with Crippen LogP contribution in [0.1, 0.15) is 12.5 Å². The van der Waals surface area contributed by atoms with Gasteiger partial charge < -0.3 is 16.0 Å². The fourth-order valence-corrected chi connectivity index (χ4v) is 1.86. The molecule has 1 fully saturated rings. The van der Waals surface area contributed by atoms with Crippen LogP contribution in [-0.2, 0) is 4.79 Å². The maximum absolute atomic E-state index is 11.6. The van der Waals surface area contributed by atoms with Gasteiger partial charge in [-0.25, -0.2) is 4.98 Å². The van der Waals surface area contributed by atoms with Gasteiger partial charge in [0.05, 0.1) is 5.69 Å². The van der Waals surface area contributed by atoms with Crippen molar-refractivity contribution in [2.75, 3.05) is 23.7 Å². The molecule has 0 saturated carbocycles. The zero-order valence-corrected chi connectivity index (χ0v) is 9.53. The molecule has 5 nitrogen and oxygen atoms in total. The lowest BCUT2D eigenvalue weighted by Crippen LogP contribution is -2.54. The molecule has 2 heterocycles. The standard InChI is InChI=1S/C11H16N4O/c1-7-3-4-13-10(9(7)12)15-6-5-14-11(16)8(15)2/h3-4,8H,5-6,12H2,1-2H3,(H,14,16). The average molecular weight is 220 g/mol. The number of aryl methyl sites for hydroxylation is 1. The van der Waals surface area contributed by atoms with Crippen LogP contribution in [0.5, 0.6) is 0 Å². The van der Waals surface area contributed by atoms with Gasteiger partial charge in [0.2, 0.25) is 5.91 Å². The summed E-state index contributed by atoms with van der Waals surface area (Å²) in [7, 11) is 0. The lowest BCUT2D eigenvalue weighted by atomic mass is 10.1. The van der Waals surface area contributed by atoms with Gasteiger partial charge >= 0.3 is 0 Å². The molecule has 1 aromatic rings. The molecule has 1 amide bonds. The number of aromatic nitrogens is 1. The van der Waals surface area contributed by atoms with Crippen molar-refractivity contribution in [2.24, 2.45) is 0 Å². The van der Waals surface area contributed by atoms with Gasteiger partial charge in [0.25, 0.3) is 0 Å². The van der Waals surface area contributed by atoms with Crippen molar-refractivity contribution >= 4 is 17.4 Å². The smallest absolute Gasteiger partial charge is 0.242 e. The minimum atomic E-state index is -0.217. The number of carbonyl (C=O) groups excluding carboxylic acids is 1. The van der Waals surface area contributed by atoms with Crippen molar-refractivity contribution < 1.29 is 4.79 Å². The number of nitrogens with one attached hydrogen (secondary N) is 1. The van der Waals surface area contributed by atoms with Gasteiger partial charge in [-0.2, -0.15) is 0 Å². The summed E-state index contributed by atoms with van der Waals surface area (Å²) in [5.41, 5.74) is 7.63. The third-order valence-corrected chi connectivity index (χ3v) is 2.96. The second kappa shape index (κ2) is 4.00. The molecule has 0 aromatic carbocycles. The van der Waals surface area contributed by atoms with Crippen LogP contribution in [0.15, 0.2) is 12.3 Å². The monoisotopic (exact) mass is 220 g/mol. The van der Waals surface area contributed by atoms with Gasteiger partial charge in [0.1, 0.15) is 6.04 Å². The first-order chi connectivity index (χ1) is 7.61. The number of pyridine rings is 1. The summed E-state index contributed by atoms with van der Waals surface area (Å²) in [4.78, 5) is 17.8. The first-order valence-corrected chi connectivity index (χ1v) is 5.36. The van der Waals surface area contributed by atoms with E-state index >= 15 is 0 Å². The lowest BCUT2D eigenvalue weighted by Gasteiger charge is -2.34. The van der Waals surface area contributed by atoms with Crippen molar-refractivity contribution in [3.8, 4) is 0 Å². The summed E-state index contributed by atoms with van der Waals surface area (Å²) in [6, 6.07) is 1.65. The summed E-state index contributed by atoms with van der Waals surface area (Å²) < 4.78 is 0. The van der Waals surface area contributed by atoms with E-state index in [9.17, 15) is 4.79 Å². The lowest BCUT2D eigenvalue weighted by molar-refractivity contribution is -0.122. The van der Waals surface area contributed by atoms with E-state index in [1.807, 2.05) is 24.8 Å². The van der Waals surface area contributed by atoms with E-state index < -0.39 is 0 Å². The summed E-state index contributed by atoms with van der Waals surface area (Å²) in [6.45, 7) is 5.18. The maximum Gasteiger partial charge on any atom is 0.242 e. The number of anilines is 2. The van der Waals surface area contributed by atoms with E-state index in [-0.39, 0.29) is 11.9 Å². The van der Waals surface area contributed by atoms with Crippen LogP contribution in [0, 0.1) is 6.92 Å². The molecule has 1 saturated heterocycles. The number of rotatable bonds is 1. The molecule has 1 aliphatic heterocycles. The van der Waals surface area contributed by atoms with E-state index in [0.717, 1.165) is 12.1 Å². The minimum Gasteiger partial charge on any atom is -0.396 e.